The van der Waals surface area contributed by atoms with Gasteiger partial charge in [-0.1, -0.05) is 44.1 Å². The highest BCUT2D eigenvalue weighted by Gasteiger charge is 2.01. The van der Waals surface area contributed by atoms with Crippen LogP contribution in [0.4, 0.5) is 0 Å². The molecule has 0 aliphatic carbocycles. The van der Waals surface area contributed by atoms with Crippen molar-refractivity contribution < 1.29 is 6.85 Å². The fraction of sp³-hybridized carbons (Fsp3) is 0.455. The Bertz CT molecular complexity index is 352. The van der Waals surface area contributed by atoms with Crippen LogP contribution in [0.5, 0.6) is 0 Å². The molecule has 0 aliphatic heterocycles. The van der Waals surface area contributed by atoms with Gasteiger partial charge in [-0.25, -0.2) is 0 Å². The number of benzene rings is 1. The lowest BCUT2D eigenvalue weighted by atomic mass is 10.0. The average Bonchev–Trinajstić information content (AvgIpc) is 2.25. The first-order valence-corrected chi connectivity index (χ1v) is 4.04. The van der Waals surface area contributed by atoms with Gasteiger partial charge in [0.25, 0.3) is 0 Å². The van der Waals surface area contributed by atoms with Gasteiger partial charge in [-0.15, -0.1) is 12.4 Å². The largest absolute Gasteiger partial charge is 0.316 e. The zero-order chi connectivity index (χ0) is 13.1. The van der Waals surface area contributed by atoms with Crippen molar-refractivity contribution in [3.63, 3.8) is 0 Å². The molecule has 74 valence electrons. The lowest BCUT2D eigenvalue weighted by molar-refractivity contribution is 0.635. The Kier molecular flexibility index (Phi) is 3.22. The van der Waals surface area contributed by atoms with Gasteiger partial charge in [-0.2, -0.15) is 0 Å². The molecule has 0 fully saturated rings. The molecule has 0 heterocycles. The average molecular weight is 205 g/mol. The van der Waals surface area contributed by atoms with Crippen LogP contribution in [0.25, 0.3) is 0 Å². The van der Waals surface area contributed by atoms with Crippen molar-refractivity contribution in [3.05, 3.63) is 35.9 Å². The highest BCUT2D eigenvalue weighted by atomic mass is 35.5. The molecule has 1 atom stereocenters. The molecule has 0 saturated carbocycles. The second-order valence-electron chi connectivity index (χ2n) is 2.82. The molecule has 1 N–H and O–H groups in total. The maximum atomic E-state index is 7.43. The Morgan fingerprint density at radius 1 is 1.46 bits per heavy atom. The van der Waals surface area contributed by atoms with E-state index in [1.165, 1.54) is 0 Å². The summed E-state index contributed by atoms with van der Waals surface area (Å²) in [6, 6.07) is 9.61. The first kappa shape index (κ1) is 6.05. The minimum Gasteiger partial charge on any atom is -0.316 e. The predicted molar refractivity (Wildman–Crippen MR) is 60.6 cm³/mol. The fourth-order valence-electron chi connectivity index (χ4n) is 1.10. The first-order chi connectivity index (χ1) is 7.74. The summed E-state index contributed by atoms with van der Waals surface area (Å²) < 4.78 is 36.1. The molecule has 1 aromatic carbocycles. The molecule has 1 rings (SSSR count). The van der Waals surface area contributed by atoms with Crippen LogP contribution in [0.2, 0.25) is 0 Å². The third-order valence-electron chi connectivity index (χ3n) is 1.87. The minimum absolute atomic E-state index is 0. The van der Waals surface area contributed by atoms with Crippen LogP contribution in [-0.2, 0) is 0 Å². The SMILES string of the molecule is Cl.[2H]C([2H])([2H])C([2H])([2H])NCC(C)c1ccccc1. The van der Waals surface area contributed by atoms with Crippen LogP contribution in [0.1, 0.15) is 32.1 Å². The number of likely N-dealkylation sites (N-methyl/N-ethyl adjacent to an activating group) is 1. The Labute approximate surface area is 94.0 Å². The summed E-state index contributed by atoms with van der Waals surface area (Å²) in [5.41, 5.74) is 1.06. The molecule has 13 heavy (non-hydrogen) atoms. The molecule has 1 nitrogen and oxygen atoms in total. The Morgan fingerprint density at radius 3 is 2.77 bits per heavy atom. The molecular weight excluding hydrogens is 182 g/mol. The number of halogens is 1. The number of hydrogen-bond acceptors (Lipinski definition) is 1. The Hall–Kier alpha value is -0.530. The summed E-state index contributed by atoms with van der Waals surface area (Å²) >= 11 is 0. The standard InChI is InChI=1S/C11H17N.ClH/c1-3-12-9-10(2)11-7-5-4-6-8-11;/h4-8,10,12H,3,9H2,1-2H3;1H/i1D3,3D2;. The van der Waals surface area contributed by atoms with Crippen LogP contribution in [-0.4, -0.2) is 13.0 Å². The quantitative estimate of drug-likeness (QED) is 0.796. The maximum Gasteiger partial charge on any atom is 0.0425 e. The van der Waals surface area contributed by atoms with E-state index in [0.717, 1.165) is 5.56 Å². The van der Waals surface area contributed by atoms with E-state index in [0.29, 0.717) is 0 Å². The zero-order valence-electron chi connectivity index (χ0n) is 12.6. The van der Waals surface area contributed by atoms with Gasteiger partial charge in [0.15, 0.2) is 0 Å². The van der Waals surface area contributed by atoms with Crippen LogP contribution >= 0.6 is 12.4 Å². The normalized spacial score (nSPS) is 19.6. The predicted octanol–water partition coefficient (Wildman–Crippen LogP) is 2.82. The summed E-state index contributed by atoms with van der Waals surface area (Å²) in [4.78, 5) is 0. The fourth-order valence-corrected chi connectivity index (χ4v) is 1.10. The lowest BCUT2D eigenvalue weighted by Gasteiger charge is -2.11. The van der Waals surface area contributed by atoms with E-state index in [9.17, 15) is 0 Å². The van der Waals surface area contributed by atoms with Crippen molar-refractivity contribution in [2.75, 3.05) is 13.0 Å². The number of rotatable bonds is 4. The van der Waals surface area contributed by atoms with E-state index in [1.54, 1.807) is 0 Å². The van der Waals surface area contributed by atoms with E-state index >= 15 is 0 Å². The number of nitrogens with one attached hydrogen (secondary N) is 1. The number of hydrogen-bond donors (Lipinski definition) is 1. The monoisotopic (exact) mass is 204 g/mol. The van der Waals surface area contributed by atoms with Gasteiger partial charge in [-0.3, -0.25) is 0 Å². The smallest absolute Gasteiger partial charge is 0.0425 e. The topological polar surface area (TPSA) is 12.0 Å². The lowest BCUT2D eigenvalue weighted by Crippen LogP contribution is -2.19. The molecule has 0 spiro atoms. The minimum atomic E-state index is -2.65. The molecule has 0 bridgehead atoms. The second kappa shape index (κ2) is 6.93. The summed E-state index contributed by atoms with van der Waals surface area (Å²) in [5, 5.41) is 2.47. The van der Waals surface area contributed by atoms with Crippen molar-refractivity contribution >= 4 is 12.4 Å². The van der Waals surface area contributed by atoms with Gasteiger partial charge < -0.3 is 5.32 Å². The van der Waals surface area contributed by atoms with Crippen molar-refractivity contribution in [1.29, 1.82) is 0 Å². The highest BCUT2D eigenvalue weighted by Crippen LogP contribution is 2.12. The first-order valence-electron chi connectivity index (χ1n) is 6.54. The third kappa shape index (κ3) is 4.30. The zero-order valence-corrected chi connectivity index (χ0v) is 8.40. The van der Waals surface area contributed by atoms with Crippen LogP contribution in [0.3, 0.4) is 0 Å². The van der Waals surface area contributed by atoms with E-state index in [1.807, 2.05) is 37.3 Å². The van der Waals surface area contributed by atoms with Crippen molar-refractivity contribution in [3.8, 4) is 0 Å². The maximum absolute atomic E-state index is 7.43. The summed E-state index contributed by atoms with van der Waals surface area (Å²) in [6.45, 7) is -2.78. The molecule has 0 saturated heterocycles. The summed E-state index contributed by atoms with van der Waals surface area (Å²) in [5.74, 6) is 0.0635. The van der Waals surface area contributed by atoms with E-state index in [2.05, 4.69) is 5.32 Å². The van der Waals surface area contributed by atoms with Crippen molar-refractivity contribution in [1.82, 2.24) is 5.32 Å². The molecular formula is C11H18ClN. The third-order valence-corrected chi connectivity index (χ3v) is 1.87. The molecule has 2 heteroatoms. The van der Waals surface area contributed by atoms with Crippen molar-refractivity contribution in [2.45, 2.75) is 19.7 Å². The van der Waals surface area contributed by atoms with Gasteiger partial charge in [0.05, 0.1) is 0 Å². The van der Waals surface area contributed by atoms with E-state index in [4.69, 9.17) is 6.85 Å². The van der Waals surface area contributed by atoms with E-state index < -0.39 is 13.3 Å². The van der Waals surface area contributed by atoms with E-state index in [-0.39, 0.29) is 24.9 Å². The van der Waals surface area contributed by atoms with Gasteiger partial charge in [0.1, 0.15) is 0 Å². The van der Waals surface area contributed by atoms with Crippen LogP contribution in [0, 0.1) is 0 Å². The molecule has 0 aliphatic rings. The second-order valence-corrected chi connectivity index (χ2v) is 2.82. The molecule has 0 aromatic heterocycles. The summed E-state index contributed by atoms with van der Waals surface area (Å²) in [7, 11) is 0. The molecule has 0 amide bonds. The van der Waals surface area contributed by atoms with Crippen LogP contribution in [0.15, 0.2) is 30.3 Å². The van der Waals surface area contributed by atoms with Gasteiger partial charge in [0, 0.05) is 13.4 Å². The summed E-state index contributed by atoms with van der Waals surface area (Å²) in [6.07, 6.45) is 0. The van der Waals surface area contributed by atoms with Gasteiger partial charge in [-0.05, 0) is 18.0 Å². The van der Waals surface area contributed by atoms with Gasteiger partial charge in [0.2, 0.25) is 0 Å². The highest BCUT2D eigenvalue weighted by molar-refractivity contribution is 5.85. The molecule has 0 radical (unpaired) electrons. The Balaban J connectivity index is 0.00000289. The van der Waals surface area contributed by atoms with Crippen LogP contribution < -0.4 is 5.32 Å². The molecule has 1 unspecified atom stereocenters. The molecule has 1 aromatic rings. The van der Waals surface area contributed by atoms with Gasteiger partial charge >= 0.3 is 0 Å². The Morgan fingerprint density at radius 2 is 2.15 bits per heavy atom. The van der Waals surface area contributed by atoms with Crippen molar-refractivity contribution in [2.24, 2.45) is 0 Å².